The average molecular weight is 493 g/mol. The number of carbonyl (C=O) groups excluding carboxylic acids is 1. The Morgan fingerprint density at radius 3 is 2.71 bits per heavy atom. The Hall–Kier alpha value is -2.16. The average Bonchev–Trinajstić information content (AvgIpc) is 2.64. The normalized spacial score (nSPS) is 13.8. The molecule has 6 nitrogen and oxygen atoms in total. The number of aliphatic imine (C=N–C) groups is 1. The van der Waals surface area contributed by atoms with E-state index >= 15 is 0 Å². The summed E-state index contributed by atoms with van der Waals surface area (Å²) in [6.07, 6.45) is 4.95. The van der Waals surface area contributed by atoms with Crippen molar-refractivity contribution in [3.05, 3.63) is 59.9 Å². The largest absolute Gasteiger partial charge is 0.357 e. The van der Waals surface area contributed by atoms with Crippen molar-refractivity contribution < 1.29 is 4.79 Å². The number of halogens is 1. The van der Waals surface area contributed by atoms with Crippen LogP contribution in [0.2, 0.25) is 0 Å². The summed E-state index contributed by atoms with van der Waals surface area (Å²) in [6, 6.07) is 13.7. The van der Waals surface area contributed by atoms with Crippen LogP contribution in [0.3, 0.4) is 0 Å². The lowest BCUT2D eigenvalue weighted by atomic mass is 9.85. The molecule has 0 bridgehead atoms. The molecular weight excluding hydrogens is 465 g/mol. The first-order valence-corrected chi connectivity index (χ1v) is 9.56. The molecule has 1 aliphatic carbocycles. The molecule has 1 aromatic carbocycles. The number of hydrogen-bond acceptors (Lipinski definition) is 3. The summed E-state index contributed by atoms with van der Waals surface area (Å²) in [6.45, 7) is 3.97. The summed E-state index contributed by atoms with van der Waals surface area (Å²) in [5.74, 6) is 1.06. The summed E-state index contributed by atoms with van der Waals surface area (Å²) in [7, 11) is 0. The minimum Gasteiger partial charge on any atom is -0.357 e. The molecule has 7 heteroatoms. The van der Waals surface area contributed by atoms with Crippen molar-refractivity contribution in [2.45, 2.75) is 39.3 Å². The number of guanidine groups is 1. The molecule has 1 aromatic heterocycles. The smallest absolute Gasteiger partial charge is 0.227 e. The standard InChI is InChI=1S/C21H27N5O.HI/c1-2-22-21(25-15-19-10-3-4-12-23-19)24-14-16-7-5-11-18(13-16)26-20(27)17-8-6-9-17;/h3-5,7,10-13,17H,2,6,8-9,14-15H2,1H3,(H,26,27)(H2,22,24,25);1H. The van der Waals surface area contributed by atoms with Gasteiger partial charge in [0.2, 0.25) is 5.91 Å². The van der Waals surface area contributed by atoms with E-state index in [1.807, 2.05) is 49.4 Å². The number of aromatic nitrogens is 1. The maximum absolute atomic E-state index is 12.1. The van der Waals surface area contributed by atoms with Crippen LogP contribution in [0.4, 0.5) is 5.69 Å². The van der Waals surface area contributed by atoms with E-state index in [0.717, 1.165) is 48.7 Å². The van der Waals surface area contributed by atoms with Gasteiger partial charge < -0.3 is 16.0 Å². The first kappa shape index (κ1) is 22.1. The monoisotopic (exact) mass is 493 g/mol. The Labute approximate surface area is 183 Å². The molecule has 0 spiro atoms. The highest BCUT2D eigenvalue weighted by atomic mass is 127. The molecule has 1 fully saturated rings. The number of nitrogens with zero attached hydrogens (tertiary/aromatic N) is 2. The fourth-order valence-electron chi connectivity index (χ4n) is 2.85. The Morgan fingerprint density at radius 2 is 2.04 bits per heavy atom. The minimum atomic E-state index is 0. The van der Waals surface area contributed by atoms with Gasteiger partial charge in [0.15, 0.2) is 5.96 Å². The highest BCUT2D eigenvalue weighted by Gasteiger charge is 2.25. The Balaban J connectivity index is 0.00000280. The molecule has 1 amide bonds. The van der Waals surface area contributed by atoms with Gasteiger partial charge in [0.1, 0.15) is 0 Å². The zero-order chi connectivity index (χ0) is 18.9. The molecule has 3 rings (SSSR count). The molecule has 0 atom stereocenters. The van der Waals surface area contributed by atoms with Crippen LogP contribution in [-0.2, 0) is 17.9 Å². The molecule has 0 radical (unpaired) electrons. The number of hydrogen-bond donors (Lipinski definition) is 3. The van der Waals surface area contributed by atoms with Crippen LogP contribution in [-0.4, -0.2) is 23.4 Å². The van der Waals surface area contributed by atoms with Gasteiger partial charge in [0, 0.05) is 24.3 Å². The molecular formula is C21H28IN5O. The van der Waals surface area contributed by atoms with Crippen LogP contribution < -0.4 is 16.0 Å². The number of nitrogens with one attached hydrogen (secondary N) is 3. The number of anilines is 1. The van der Waals surface area contributed by atoms with E-state index in [1.54, 1.807) is 6.20 Å². The predicted molar refractivity (Wildman–Crippen MR) is 124 cm³/mol. The zero-order valence-electron chi connectivity index (χ0n) is 16.1. The van der Waals surface area contributed by atoms with Crippen molar-refractivity contribution >= 4 is 41.5 Å². The predicted octanol–water partition coefficient (Wildman–Crippen LogP) is 3.69. The number of rotatable bonds is 7. The fourth-order valence-corrected chi connectivity index (χ4v) is 2.85. The van der Waals surface area contributed by atoms with E-state index in [4.69, 9.17) is 0 Å². The van der Waals surface area contributed by atoms with Crippen LogP contribution in [0.5, 0.6) is 0 Å². The van der Waals surface area contributed by atoms with Gasteiger partial charge in [-0.3, -0.25) is 9.78 Å². The van der Waals surface area contributed by atoms with Gasteiger partial charge in [0.25, 0.3) is 0 Å². The second kappa shape index (κ2) is 11.6. The lowest BCUT2D eigenvalue weighted by molar-refractivity contribution is -0.122. The third kappa shape index (κ3) is 6.78. The van der Waals surface area contributed by atoms with E-state index in [9.17, 15) is 4.79 Å². The van der Waals surface area contributed by atoms with Crippen molar-refractivity contribution in [2.75, 3.05) is 11.9 Å². The number of amides is 1. The Bertz CT molecular complexity index is 777. The number of benzene rings is 1. The molecule has 150 valence electrons. The summed E-state index contributed by atoms with van der Waals surface area (Å²) in [5.41, 5.74) is 2.85. The third-order valence-electron chi connectivity index (χ3n) is 4.60. The maximum Gasteiger partial charge on any atom is 0.227 e. The topological polar surface area (TPSA) is 78.4 Å². The van der Waals surface area contributed by atoms with Crippen LogP contribution in [0, 0.1) is 5.92 Å². The second-order valence-electron chi connectivity index (χ2n) is 6.69. The highest BCUT2D eigenvalue weighted by Crippen LogP contribution is 2.27. The Kier molecular flexibility index (Phi) is 9.19. The molecule has 0 unspecified atom stereocenters. The summed E-state index contributed by atoms with van der Waals surface area (Å²) in [4.78, 5) is 21.1. The molecule has 28 heavy (non-hydrogen) atoms. The van der Waals surface area contributed by atoms with Gasteiger partial charge in [-0.05, 0) is 49.6 Å². The van der Waals surface area contributed by atoms with E-state index < -0.39 is 0 Å². The minimum absolute atomic E-state index is 0. The van der Waals surface area contributed by atoms with Gasteiger partial charge in [-0.15, -0.1) is 24.0 Å². The molecule has 1 aliphatic rings. The van der Waals surface area contributed by atoms with Gasteiger partial charge in [-0.2, -0.15) is 0 Å². The van der Waals surface area contributed by atoms with E-state index in [0.29, 0.717) is 13.1 Å². The van der Waals surface area contributed by atoms with Gasteiger partial charge in [0.05, 0.1) is 18.8 Å². The number of pyridine rings is 1. The first-order chi connectivity index (χ1) is 13.2. The summed E-state index contributed by atoms with van der Waals surface area (Å²) >= 11 is 0. The van der Waals surface area contributed by atoms with Gasteiger partial charge in [-0.25, -0.2) is 4.99 Å². The van der Waals surface area contributed by atoms with Crippen molar-refractivity contribution in [3.8, 4) is 0 Å². The van der Waals surface area contributed by atoms with Crippen LogP contribution in [0.15, 0.2) is 53.7 Å². The molecule has 1 saturated carbocycles. The summed E-state index contributed by atoms with van der Waals surface area (Å²) < 4.78 is 0. The quantitative estimate of drug-likeness (QED) is 0.313. The van der Waals surface area contributed by atoms with Crippen molar-refractivity contribution in [1.82, 2.24) is 15.6 Å². The maximum atomic E-state index is 12.1. The van der Waals surface area contributed by atoms with Crippen LogP contribution in [0.25, 0.3) is 0 Å². The molecule has 2 aromatic rings. The second-order valence-corrected chi connectivity index (χ2v) is 6.69. The van der Waals surface area contributed by atoms with Crippen LogP contribution >= 0.6 is 24.0 Å². The fraction of sp³-hybridized carbons (Fsp3) is 0.381. The number of carbonyl (C=O) groups is 1. The zero-order valence-corrected chi connectivity index (χ0v) is 18.5. The van der Waals surface area contributed by atoms with E-state index in [-0.39, 0.29) is 35.8 Å². The van der Waals surface area contributed by atoms with E-state index in [1.165, 1.54) is 0 Å². The van der Waals surface area contributed by atoms with Crippen molar-refractivity contribution in [2.24, 2.45) is 10.9 Å². The van der Waals surface area contributed by atoms with Crippen molar-refractivity contribution in [3.63, 3.8) is 0 Å². The summed E-state index contributed by atoms with van der Waals surface area (Å²) in [5, 5.41) is 9.55. The lowest BCUT2D eigenvalue weighted by Gasteiger charge is -2.24. The highest BCUT2D eigenvalue weighted by molar-refractivity contribution is 14.0. The first-order valence-electron chi connectivity index (χ1n) is 9.56. The van der Waals surface area contributed by atoms with Crippen molar-refractivity contribution in [1.29, 1.82) is 0 Å². The SMILES string of the molecule is CCNC(=NCc1cccc(NC(=O)C2CCC2)c1)NCc1ccccn1.I. The molecule has 3 N–H and O–H groups in total. The van der Waals surface area contributed by atoms with Gasteiger partial charge in [-0.1, -0.05) is 24.6 Å². The van der Waals surface area contributed by atoms with Gasteiger partial charge >= 0.3 is 0 Å². The lowest BCUT2D eigenvalue weighted by Crippen LogP contribution is -2.37. The Morgan fingerprint density at radius 1 is 1.18 bits per heavy atom. The molecule has 0 aliphatic heterocycles. The van der Waals surface area contributed by atoms with E-state index in [2.05, 4.69) is 25.9 Å². The molecule has 0 saturated heterocycles. The third-order valence-corrected chi connectivity index (χ3v) is 4.60. The molecule has 1 heterocycles. The van der Waals surface area contributed by atoms with Crippen LogP contribution in [0.1, 0.15) is 37.4 Å².